The smallest absolute Gasteiger partial charge is 0.232 e. The van der Waals surface area contributed by atoms with E-state index in [0.29, 0.717) is 0 Å². The summed E-state index contributed by atoms with van der Waals surface area (Å²) in [5.41, 5.74) is 0. The van der Waals surface area contributed by atoms with Gasteiger partial charge in [0.1, 0.15) is 0 Å². The average Bonchev–Trinajstić information content (AvgIpc) is 2.71. The molecular weight excluding hydrogens is 158 g/mol. The van der Waals surface area contributed by atoms with Gasteiger partial charge in [-0.25, -0.2) is 0 Å². The Labute approximate surface area is 73.2 Å². The molecule has 1 aliphatic rings. The van der Waals surface area contributed by atoms with Gasteiger partial charge in [-0.15, -0.1) is 0 Å². The lowest BCUT2D eigenvalue weighted by molar-refractivity contribution is -0.120. The van der Waals surface area contributed by atoms with Crippen molar-refractivity contribution in [3.8, 4) is 0 Å². The molecule has 1 amide bonds. The van der Waals surface area contributed by atoms with Gasteiger partial charge in [0.05, 0.1) is 5.25 Å². The highest BCUT2D eigenvalue weighted by molar-refractivity contribution is 7.81. The number of amides is 1. The molecule has 1 fully saturated rings. The van der Waals surface area contributed by atoms with Crippen molar-refractivity contribution in [1.29, 1.82) is 0 Å². The van der Waals surface area contributed by atoms with Gasteiger partial charge in [-0.3, -0.25) is 4.79 Å². The SMILES string of the molecule is CC(S)C(=O)NCCC1CC1. The molecule has 0 radical (unpaired) electrons. The predicted octanol–water partition coefficient (Wildman–Crippen LogP) is 1.22. The van der Waals surface area contributed by atoms with Crippen molar-refractivity contribution in [2.24, 2.45) is 5.92 Å². The molecule has 64 valence electrons. The molecule has 0 aromatic rings. The molecule has 0 heterocycles. The van der Waals surface area contributed by atoms with Crippen molar-refractivity contribution in [3.63, 3.8) is 0 Å². The minimum absolute atomic E-state index is 0.0500. The van der Waals surface area contributed by atoms with Crippen molar-refractivity contribution < 1.29 is 4.79 Å². The third kappa shape index (κ3) is 3.65. The number of nitrogens with one attached hydrogen (secondary N) is 1. The lowest BCUT2D eigenvalue weighted by atomic mass is 10.3. The monoisotopic (exact) mass is 173 g/mol. The fourth-order valence-electron chi connectivity index (χ4n) is 0.954. The zero-order valence-corrected chi connectivity index (χ0v) is 7.73. The number of carbonyl (C=O) groups excluding carboxylic acids is 1. The summed E-state index contributed by atoms with van der Waals surface area (Å²) in [7, 11) is 0. The lowest BCUT2D eigenvalue weighted by Gasteiger charge is -2.05. The zero-order chi connectivity index (χ0) is 8.27. The van der Waals surface area contributed by atoms with Crippen LogP contribution in [0.1, 0.15) is 26.2 Å². The summed E-state index contributed by atoms with van der Waals surface area (Å²) in [6.07, 6.45) is 3.85. The number of rotatable bonds is 4. The highest BCUT2D eigenvalue weighted by Crippen LogP contribution is 2.31. The highest BCUT2D eigenvalue weighted by Gasteiger charge is 2.20. The third-order valence-corrected chi connectivity index (χ3v) is 2.16. The van der Waals surface area contributed by atoms with E-state index in [9.17, 15) is 4.79 Å². The van der Waals surface area contributed by atoms with Crippen LogP contribution < -0.4 is 5.32 Å². The molecule has 1 saturated carbocycles. The Kier molecular flexibility index (Phi) is 3.24. The fraction of sp³-hybridized carbons (Fsp3) is 0.875. The first-order valence-electron chi connectivity index (χ1n) is 4.16. The van der Waals surface area contributed by atoms with E-state index in [4.69, 9.17) is 0 Å². The second-order valence-electron chi connectivity index (χ2n) is 3.20. The van der Waals surface area contributed by atoms with Crippen LogP contribution in [-0.2, 0) is 4.79 Å². The number of thiol groups is 1. The van der Waals surface area contributed by atoms with Crippen molar-refractivity contribution in [3.05, 3.63) is 0 Å². The Hall–Kier alpha value is -0.180. The Balaban J connectivity index is 1.96. The average molecular weight is 173 g/mol. The molecule has 1 unspecified atom stereocenters. The van der Waals surface area contributed by atoms with E-state index in [2.05, 4.69) is 17.9 Å². The Morgan fingerprint density at radius 2 is 2.36 bits per heavy atom. The molecule has 0 saturated heterocycles. The summed E-state index contributed by atoms with van der Waals surface area (Å²) in [4.78, 5) is 11.0. The largest absolute Gasteiger partial charge is 0.355 e. The number of carbonyl (C=O) groups is 1. The Morgan fingerprint density at radius 3 is 2.82 bits per heavy atom. The Morgan fingerprint density at radius 1 is 1.73 bits per heavy atom. The first-order chi connectivity index (χ1) is 5.20. The first-order valence-corrected chi connectivity index (χ1v) is 4.67. The maximum atomic E-state index is 11.0. The molecule has 1 N–H and O–H groups in total. The van der Waals surface area contributed by atoms with Crippen LogP contribution >= 0.6 is 12.6 Å². The fourth-order valence-corrected chi connectivity index (χ4v) is 1.05. The van der Waals surface area contributed by atoms with E-state index < -0.39 is 0 Å². The maximum Gasteiger partial charge on any atom is 0.232 e. The van der Waals surface area contributed by atoms with E-state index in [1.807, 2.05) is 0 Å². The molecule has 1 rings (SSSR count). The summed E-state index contributed by atoms with van der Waals surface area (Å²) in [6.45, 7) is 2.62. The lowest BCUT2D eigenvalue weighted by Crippen LogP contribution is -2.30. The standard InChI is InChI=1S/C8H15NOS/c1-6(11)8(10)9-5-4-7-2-3-7/h6-7,11H,2-5H2,1H3,(H,9,10). The minimum atomic E-state index is -0.172. The summed E-state index contributed by atoms with van der Waals surface area (Å²) in [5.74, 6) is 0.944. The number of hydrogen-bond donors (Lipinski definition) is 2. The summed E-state index contributed by atoms with van der Waals surface area (Å²) in [5, 5.41) is 2.67. The van der Waals surface area contributed by atoms with E-state index in [-0.39, 0.29) is 11.2 Å². The second-order valence-corrected chi connectivity index (χ2v) is 3.97. The summed E-state index contributed by atoms with van der Waals surface area (Å²) < 4.78 is 0. The van der Waals surface area contributed by atoms with Crippen molar-refractivity contribution in [2.75, 3.05) is 6.54 Å². The van der Waals surface area contributed by atoms with Crippen LogP contribution in [0.5, 0.6) is 0 Å². The van der Waals surface area contributed by atoms with E-state index in [1.165, 1.54) is 12.8 Å². The van der Waals surface area contributed by atoms with E-state index in [1.54, 1.807) is 6.92 Å². The molecule has 3 heteroatoms. The van der Waals surface area contributed by atoms with Gasteiger partial charge in [-0.1, -0.05) is 12.8 Å². The second kappa shape index (κ2) is 4.00. The molecule has 0 bridgehead atoms. The van der Waals surface area contributed by atoms with Gasteiger partial charge in [0.15, 0.2) is 0 Å². The van der Waals surface area contributed by atoms with Crippen LogP contribution in [0, 0.1) is 5.92 Å². The van der Waals surface area contributed by atoms with Crippen molar-refractivity contribution >= 4 is 18.5 Å². The summed E-state index contributed by atoms with van der Waals surface area (Å²) in [6, 6.07) is 0. The molecule has 2 nitrogen and oxygen atoms in total. The Bertz CT molecular complexity index is 143. The van der Waals surface area contributed by atoms with Crippen LogP contribution in [0.2, 0.25) is 0 Å². The molecule has 0 aliphatic heterocycles. The van der Waals surface area contributed by atoms with Crippen molar-refractivity contribution in [2.45, 2.75) is 31.4 Å². The maximum absolute atomic E-state index is 11.0. The van der Waals surface area contributed by atoms with E-state index in [0.717, 1.165) is 18.9 Å². The van der Waals surface area contributed by atoms with Gasteiger partial charge in [0.2, 0.25) is 5.91 Å². The van der Waals surface area contributed by atoms with Gasteiger partial charge in [-0.2, -0.15) is 12.6 Å². The normalized spacial score (nSPS) is 19.5. The topological polar surface area (TPSA) is 29.1 Å². The number of hydrogen-bond acceptors (Lipinski definition) is 2. The van der Waals surface area contributed by atoms with Crippen LogP contribution in [0.4, 0.5) is 0 Å². The molecule has 0 spiro atoms. The van der Waals surface area contributed by atoms with Gasteiger partial charge < -0.3 is 5.32 Å². The van der Waals surface area contributed by atoms with Crippen LogP contribution in [-0.4, -0.2) is 17.7 Å². The molecule has 0 aromatic carbocycles. The van der Waals surface area contributed by atoms with Gasteiger partial charge >= 0.3 is 0 Å². The molecule has 11 heavy (non-hydrogen) atoms. The van der Waals surface area contributed by atoms with Gasteiger partial charge in [0, 0.05) is 6.54 Å². The third-order valence-electron chi connectivity index (χ3n) is 1.93. The van der Waals surface area contributed by atoms with E-state index >= 15 is 0 Å². The van der Waals surface area contributed by atoms with Crippen LogP contribution in [0.25, 0.3) is 0 Å². The zero-order valence-electron chi connectivity index (χ0n) is 6.84. The van der Waals surface area contributed by atoms with Gasteiger partial charge in [0.25, 0.3) is 0 Å². The molecule has 1 aliphatic carbocycles. The predicted molar refractivity (Wildman–Crippen MR) is 48.8 cm³/mol. The first kappa shape index (κ1) is 8.91. The molecule has 0 aromatic heterocycles. The van der Waals surface area contributed by atoms with Crippen LogP contribution in [0.3, 0.4) is 0 Å². The van der Waals surface area contributed by atoms with Crippen molar-refractivity contribution in [1.82, 2.24) is 5.32 Å². The highest BCUT2D eigenvalue weighted by atomic mass is 32.1. The quantitative estimate of drug-likeness (QED) is 0.615. The summed E-state index contributed by atoms with van der Waals surface area (Å²) >= 11 is 4.02. The minimum Gasteiger partial charge on any atom is -0.355 e. The van der Waals surface area contributed by atoms with Gasteiger partial charge in [-0.05, 0) is 19.3 Å². The molecule has 1 atom stereocenters. The molecular formula is C8H15NOS. The van der Waals surface area contributed by atoms with Crippen LogP contribution in [0.15, 0.2) is 0 Å².